The van der Waals surface area contributed by atoms with E-state index in [1.54, 1.807) is 0 Å². The third kappa shape index (κ3) is 3.38. The fraction of sp³-hybridized carbons (Fsp3) is 0.588. The van der Waals surface area contributed by atoms with Crippen LogP contribution < -0.4 is 15.4 Å². The standard InChI is InChI=1S/C17H24N2O2/c1-18-16-9-6-12-10-14(7-8-15(12)16)21-11-17(20)19-13-4-2-3-5-13/h7-8,10,13,16,18H,2-6,9,11H2,1H3,(H,19,20). The third-order valence-electron chi connectivity index (χ3n) is 4.63. The summed E-state index contributed by atoms with van der Waals surface area (Å²) in [7, 11) is 2.00. The normalized spacial score (nSPS) is 21.3. The molecule has 2 N–H and O–H groups in total. The molecule has 4 nitrogen and oxygen atoms in total. The van der Waals surface area contributed by atoms with Crippen LogP contribution in [0.15, 0.2) is 18.2 Å². The van der Waals surface area contributed by atoms with E-state index >= 15 is 0 Å². The average molecular weight is 288 g/mol. The van der Waals surface area contributed by atoms with Crippen molar-refractivity contribution >= 4 is 5.91 Å². The van der Waals surface area contributed by atoms with Crippen LogP contribution in [0.2, 0.25) is 0 Å². The van der Waals surface area contributed by atoms with E-state index in [0.717, 1.165) is 31.4 Å². The van der Waals surface area contributed by atoms with Crippen LogP contribution in [-0.2, 0) is 11.2 Å². The van der Waals surface area contributed by atoms with E-state index < -0.39 is 0 Å². The minimum absolute atomic E-state index is 0.00417. The van der Waals surface area contributed by atoms with E-state index in [1.807, 2.05) is 13.1 Å². The Morgan fingerprint density at radius 3 is 2.86 bits per heavy atom. The van der Waals surface area contributed by atoms with Crippen molar-refractivity contribution in [2.75, 3.05) is 13.7 Å². The molecule has 1 amide bonds. The number of benzene rings is 1. The molecule has 4 heteroatoms. The highest BCUT2D eigenvalue weighted by molar-refractivity contribution is 5.77. The van der Waals surface area contributed by atoms with Gasteiger partial charge in [0.05, 0.1) is 0 Å². The van der Waals surface area contributed by atoms with Gasteiger partial charge in [0.1, 0.15) is 5.75 Å². The highest BCUT2D eigenvalue weighted by atomic mass is 16.5. The summed E-state index contributed by atoms with van der Waals surface area (Å²) in [6.07, 6.45) is 6.88. The summed E-state index contributed by atoms with van der Waals surface area (Å²) >= 11 is 0. The van der Waals surface area contributed by atoms with Crippen molar-refractivity contribution in [3.8, 4) is 5.75 Å². The van der Waals surface area contributed by atoms with Crippen molar-refractivity contribution in [1.82, 2.24) is 10.6 Å². The molecular weight excluding hydrogens is 264 g/mol. The Morgan fingerprint density at radius 1 is 1.29 bits per heavy atom. The van der Waals surface area contributed by atoms with Gasteiger partial charge in [-0.3, -0.25) is 4.79 Å². The number of fused-ring (bicyclic) bond motifs is 1. The number of hydrogen-bond acceptors (Lipinski definition) is 3. The molecule has 1 fully saturated rings. The number of hydrogen-bond donors (Lipinski definition) is 2. The highest BCUT2D eigenvalue weighted by Gasteiger charge is 2.21. The smallest absolute Gasteiger partial charge is 0.258 e. The maximum Gasteiger partial charge on any atom is 0.258 e. The number of amides is 1. The van der Waals surface area contributed by atoms with Crippen molar-refractivity contribution in [3.05, 3.63) is 29.3 Å². The third-order valence-corrected chi connectivity index (χ3v) is 4.63. The van der Waals surface area contributed by atoms with Gasteiger partial charge in [-0.2, -0.15) is 0 Å². The molecule has 2 aliphatic carbocycles. The van der Waals surface area contributed by atoms with E-state index in [1.165, 1.54) is 24.0 Å². The van der Waals surface area contributed by atoms with Crippen LogP contribution in [0, 0.1) is 0 Å². The molecule has 114 valence electrons. The van der Waals surface area contributed by atoms with Crippen LogP contribution in [0.25, 0.3) is 0 Å². The molecule has 0 spiro atoms. The zero-order chi connectivity index (χ0) is 14.7. The van der Waals surface area contributed by atoms with Crippen LogP contribution in [0.1, 0.15) is 49.3 Å². The quantitative estimate of drug-likeness (QED) is 0.874. The van der Waals surface area contributed by atoms with Crippen molar-refractivity contribution in [3.63, 3.8) is 0 Å². The Hall–Kier alpha value is -1.55. The van der Waals surface area contributed by atoms with Gasteiger partial charge in [0.15, 0.2) is 6.61 Å². The topological polar surface area (TPSA) is 50.4 Å². The van der Waals surface area contributed by atoms with Crippen molar-refractivity contribution in [2.45, 2.75) is 50.6 Å². The number of ether oxygens (including phenoxy) is 1. The monoisotopic (exact) mass is 288 g/mol. The molecule has 21 heavy (non-hydrogen) atoms. The summed E-state index contributed by atoms with van der Waals surface area (Å²) in [6, 6.07) is 6.98. The molecule has 0 radical (unpaired) electrons. The molecule has 1 aromatic carbocycles. The second-order valence-electron chi connectivity index (χ2n) is 6.08. The second-order valence-corrected chi connectivity index (χ2v) is 6.08. The Kier molecular flexibility index (Phi) is 4.44. The van der Waals surface area contributed by atoms with Crippen molar-refractivity contribution in [2.24, 2.45) is 0 Å². The number of carbonyl (C=O) groups excluding carboxylic acids is 1. The molecule has 0 saturated heterocycles. The van der Waals surface area contributed by atoms with Gasteiger partial charge >= 0.3 is 0 Å². The Morgan fingerprint density at radius 2 is 2.10 bits per heavy atom. The van der Waals surface area contributed by atoms with Gasteiger partial charge in [-0.15, -0.1) is 0 Å². The lowest BCUT2D eigenvalue weighted by atomic mass is 10.1. The van der Waals surface area contributed by atoms with Crippen LogP contribution >= 0.6 is 0 Å². The van der Waals surface area contributed by atoms with Gasteiger partial charge in [0.2, 0.25) is 0 Å². The summed E-state index contributed by atoms with van der Waals surface area (Å²) < 4.78 is 5.64. The Balaban J connectivity index is 1.52. The summed E-state index contributed by atoms with van der Waals surface area (Å²) in [5.41, 5.74) is 2.70. The van der Waals surface area contributed by atoms with E-state index in [0.29, 0.717) is 12.1 Å². The van der Waals surface area contributed by atoms with Gasteiger partial charge < -0.3 is 15.4 Å². The summed E-state index contributed by atoms with van der Waals surface area (Å²) in [5, 5.41) is 6.37. The highest BCUT2D eigenvalue weighted by Crippen LogP contribution is 2.33. The second kappa shape index (κ2) is 6.48. The molecule has 2 aliphatic rings. The average Bonchev–Trinajstić information content (AvgIpc) is 3.13. The largest absolute Gasteiger partial charge is 0.484 e. The zero-order valence-corrected chi connectivity index (χ0v) is 12.7. The van der Waals surface area contributed by atoms with Crippen LogP contribution in [0.5, 0.6) is 5.75 Å². The Labute approximate surface area is 126 Å². The fourth-order valence-electron chi connectivity index (χ4n) is 3.47. The fourth-order valence-corrected chi connectivity index (χ4v) is 3.47. The first-order valence-electron chi connectivity index (χ1n) is 7.98. The van der Waals surface area contributed by atoms with Crippen molar-refractivity contribution < 1.29 is 9.53 Å². The molecule has 1 saturated carbocycles. The summed E-state index contributed by atoms with van der Waals surface area (Å²) in [4.78, 5) is 11.9. The molecule has 1 aromatic rings. The predicted molar refractivity (Wildman–Crippen MR) is 82.5 cm³/mol. The van der Waals surface area contributed by atoms with E-state index in [9.17, 15) is 4.79 Å². The van der Waals surface area contributed by atoms with E-state index in [2.05, 4.69) is 22.8 Å². The lowest BCUT2D eigenvalue weighted by Crippen LogP contribution is -2.36. The first kappa shape index (κ1) is 14.4. The molecular formula is C17H24N2O2. The molecule has 0 bridgehead atoms. The number of rotatable bonds is 5. The number of carbonyl (C=O) groups is 1. The SMILES string of the molecule is CNC1CCc2cc(OCC(=O)NC3CCCC3)ccc21. The number of aryl methyl sites for hydroxylation is 1. The van der Waals surface area contributed by atoms with Gasteiger partial charge in [0.25, 0.3) is 5.91 Å². The summed E-state index contributed by atoms with van der Waals surface area (Å²) in [6.45, 7) is 0.116. The zero-order valence-electron chi connectivity index (χ0n) is 12.7. The van der Waals surface area contributed by atoms with E-state index in [-0.39, 0.29) is 12.5 Å². The lowest BCUT2D eigenvalue weighted by Gasteiger charge is -2.13. The Bertz CT molecular complexity index is 510. The van der Waals surface area contributed by atoms with E-state index in [4.69, 9.17) is 4.74 Å². The predicted octanol–water partition coefficient (Wildman–Crippen LogP) is 2.33. The number of nitrogens with one attached hydrogen (secondary N) is 2. The van der Waals surface area contributed by atoms with Gasteiger partial charge in [-0.1, -0.05) is 18.9 Å². The maximum atomic E-state index is 11.9. The van der Waals surface area contributed by atoms with Gasteiger partial charge in [-0.25, -0.2) is 0 Å². The maximum absolute atomic E-state index is 11.9. The lowest BCUT2D eigenvalue weighted by molar-refractivity contribution is -0.123. The van der Waals surface area contributed by atoms with Gasteiger partial charge in [0, 0.05) is 12.1 Å². The van der Waals surface area contributed by atoms with Crippen molar-refractivity contribution in [1.29, 1.82) is 0 Å². The first-order chi connectivity index (χ1) is 10.3. The molecule has 1 atom stereocenters. The molecule has 1 unspecified atom stereocenters. The summed E-state index contributed by atoms with van der Waals surface area (Å²) in [5.74, 6) is 0.794. The molecule has 0 aromatic heterocycles. The van der Waals surface area contributed by atoms with Crippen LogP contribution in [0.3, 0.4) is 0 Å². The minimum atomic E-state index is -0.00417. The minimum Gasteiger partial charge on any atom is -0.484 e. The molecule has 0 aliphatic heterocycles. The first-order valence-corrected chi connectivity index (χ1v) is 7.98. The van der Waals surface area contributed by atoms with Crippen LogP contribution in [0.4, 0.5) is 0 Å². The van der Waals surface area contributed by atoms with Gasteiger partial charge in [-0.05, 0) is 56.0 Å². The molecule has 0 heterocycles. The van der Waals surface area contributed by atoms with Crippen LogP contribution in [-0.4, -0.2) is 25.6 Å². The molecule has 3 rings (SSSR count).